The molecule has 0 spiro atoms. The average molecular weight is 571 g/mol. The Labute approximate surface area is 236 Å². The highest BCUT2D eigenvalue weighted by Gasteiger charge is 2.45. The van der Waals surface area contributed by atoms with Crippen molar-refractivity contribution in [3.63, 3.8) is 0 Å². The average Bonchev–Trinajstić information content (AvgIpc) is 3.61. The van der Waals surface area contributed by atoms with Crippen molar-refractivity contribution in [3.8, 4) is 17.3 Å². The molecule has 0 radical (unpaired) electrons. The fourth-order valence-corrected chi connectivity index (χ4v) is 4.78. The van der Waals surface area contributed by atoms with E-state index in [4.69, 9.17) is 14.7 Å². The molecule has 220 valence electrons. The topological polar surface area (TPSA) is 128 Å². The summed E-state index contributed by atoms with van der Waals surface area (Å²) in [4.78, 5) is 32.2. The normalized spacial score (nSPS) is 15.4. The lowest BCUT2D eigenvalue weighted by atomic mass is 10.2. The van der Waals surface area contributed by atoms with E-state index in [1.807, 2.05) is 25.5 Å². The first-order chi connectivity index (χ1) is 19.5. The molecular weight excluding hydrogens is 534 g/mol. The molecule has 12 heteroatoms. The van der Waals surface area contributed by atoms with Crippen molar-refractivity contribution in [3.05, 3.63) is 41.6 Å². The second kappa shape index (κ2) is 11.7. The standard InChI is InChI=1S/C23H24N4O3.C4H6F2N2O.C2H6/c1-4-16-8-7-14-10-18(27(21(14)24-16)12-13-5-6-13)22-25-17-9-15(23(28)29)11-19(30-3)20(17)26(22)2;5-4(6)1-8(2-4)3(7)9;1-2/h7-11,13H,4-6,12H2,1-3H3,(H,28,29);1-2H2,(H2,7,9);1-2H3. The number of hydrogen-bond acceptors (Lipinski definition) is 5. The molecule has 1 saturated carbocycles. The highest BCUT2D eigenvalue weighted by molar-refractivity contribution is 5.96. The number of alkyl halides is 2. The Kier molecular flexibility index (Phi) is 8.50. The molecule has 0 bridgehead atoms. The van der Waals surface area contributed by atoms with Gasteiger partial charge in [-0.3, -0.25) is 0 Å². The minimum atomic E-state index is -2.70. The molecule has 2 amide bonds. The van der Waals surface area contributed by atoms with Crippen LogP contribution in [0.3, 0.4) is 0 Å². The third-order valence-corrected chi connectivity index (χ3v) is 7.09. The first kappa shape index (κ1) is 29.8. The molecule has 1 aliphatic heterocycles. The Bertz CT molecular complexity index is 1580. The number of nitrogens with zero attached hydrogens (tertiary/aromatic N) is 5. The second-order valence-electron chi connectivity index (χ2n) is 10.0. The number of benzene rings is 1. The number of amides is 2. The van der Waals surface area contributed by atoms with E-state index in [1.54, 1.807) is 19.2 Å². The number of imidazole rings is 1. The van der Waals surface area contributed by atoms with Crippen molar-refractivity contribution in [2.45, 2.75) is 52.5 Å². The summed E-state index contributed by atoms with van der Waals surface area (Å²) in [6.07, 6.45) is 3.37. The number of halogens is 2. The van der Waals surface area contributed by atoms with E-state index in [9.17, 15) is 23.5 Å². The number of carboxylic acid groups (broad SMARTS) is 1. The van der Waals surface area contributed by atoms with Gasteiger partial charge in [0, 0.05) is 24.7 Å². The zero-order chi connectivity index (χ0) is 30.1. The smallest absolute Gasteiger partial charge is 0.335 e. The Balaban J connectivity index is 0.000000299. The van der Waals surface area contributed by atoms with E-state index < -0.39 is 31.0 Å². The minimum absolute atomic E-state index is 0.164. The highest BCUT2D eigenvalue weighted by atomic mass is 19.3. The molecule has 0 unspecified atom stereocenters. The van der Waals surface area contributed by atoms with Crippen LogP contribution in [0.25, 0.3) is 33.6 Å². The number of urea groups is 1. The third-order valence-electron chi connectivity index (χ3n) is 7.09. The first-order valence-electron chi connectivity index (χ1n) is 13.7. The fourth-order valence-electron chi connectivity index (χ4n) is 4.78. The highest BCUT2D eigenvalue weighted by Crippen LogP contribution is 2.37. The minimum Gasteiger partial charge on any atom is -0.494 e. The van der Waals surface area contributed by atoms with Crippen molar-refractivity contribution in [2.24, 2.45) is 18.7 Å². The number of aromatic carboxylic acids is 1. The molecule has 1 saturated heterocycles. The quantitative estimate of drug-likeness (QED) is 0.323. The van der Waals surface area contributed by atoms with E-state index >= 15 is 0 Å². The summed E-state index contributed by atoms with van der Waals surface area (Å²) < 4.78 is 33.6. The molecule has 0 atom stereocenters. The van der Waals surface area contributed by atoms with Gasteiger partial charge in [-0.2, -0.15) is 0 Å². The molecule has 6 rings (SSSR count). The zero-order valence-electron chi connectivity index (χ0n) is 23.9. The van der Waals surface area contributed by atoms with Gasteiger partial charge in [0.15, 0.2) is 5.82 Å². The number of aryl methyl sites for hydroxylation is 2. The molecule has 10 nitrogen and oxygen atoms in total. The van der Waals surface area contributed by atoms with Gasteiger partial charge in [-0.25, -0.2) is 28.3 Å². The Morgan fingerprint density at radius 1 is 1.15 bits per heavy atom. The molecule has 2 aliphatic rings. The van der Waals surface area contributed by atoms with Gasteiger partial charge in [0.2, 0.25) is 0 Å². The van der Waals surface area contributed by atoms with Gasteiger partial charge in [0.1, 0.15) is 16.9 Å². The van der Waals surface area contributed by atoms with Gasteiger partial charge < -0.3 is 29.6 Å². The van der Waals surface area contributed by atoms with Crippen LogP contribution in [0.5, 0.6) is 5.75 Å². The molecule has 2 fully saturated rings. The number of carbonyl (C=O) groups is 2. The summed E-state index contributed by atoms with van der Waals surface area (Å²) in [7, 11) is 3.49. The number of methoxy groups -OCH3 is 1. The van der Waals surface area contributed by atoms with Gasteiger partial charge in [0.05, 0.1) is 37.0 Å². The van der Waals surface area contributed by atoms with Crippen LogP contribution in [0.15, 0.2) is 30.3 Å². The van der Waals surface area contributed by atoms with E-state index in [1.165, 1.54) is 12.8 Å². The summed E-state index contributed by atoms with van der Waals surface area (Å²) in [5.74, 6) is -1.74. The number of primary amides is 1. The van der Waals surface area contributed by atoms with E-state index in [-0.39, 0.29) is 5.56 Å². The van der Waals surface area contributed by atoms with Crippen molar-refractivity contribution < 1.29 is 28.2 Å². The first-order valence-corrected chi connectivity index (χ1v) is 13.7. The molecule has 4 heterocycles. The maximum atomic E-state index is 11.9. The van der Waals surface area contributed by atoms with Crippen LogP contribution in [-0.4, -0.2) is 67.2 Å². The van der Waals surface area contributed by atoms with Crippen molar-refractivity contribution in [2.75, 3.05) is 20.2 Å². The molecular formula is C29H36F2N6O4. The number of carboxylic acids is 1. The molecule has 1 aliphatic carbocycles. The van der Waals surface area contributed by atoms with Crippen LogP contribution in [-0.2, 0) is 20.0 Å². The van der Waals surface area contributed by atoms with Crippen LogP contribution in [0.4, 0.5) is 13.6 Å². The van der Waals surface area contributed by atoms with E-state index in [0.717, 1.165) is 51.6 Å². The van der Waals surface area contributed by atoms with Gasteiger partial charge in [-0.15, -0.1) is 0 Å². The monoisotopic (exact) mass is 570 g/mol. The van der Waals surface area contributed by atoms with Gasteiger partial charge in [0.25, 0.3) is 5.92 Å². The van der Waals surface area contributed by atoms with Crippen LogP contribution in [0, 0.1) is 5.92 Å². The SMILES string of the molecule is CC.CCc1ccc2cc(-c3nc4cc(C(=O)O)cc(OC)c4n3C)n(CC3CC3)c2n1.NC(=O)N1CC(F)(F)C1. The summed E-state index contributed by atoms with van der Waals surface area (Å²) in [6.45, 7) is 5.98. The maximum Gasteiger partial charge on any atom is 0.335 e. The maximum absolute atomic E-state index is 11.9. The number of ether oxygens (including phenoxy) is 1. The Morgan fingerprint density at radius 2 is 1.83 bits per heavy atom. The lowest BCUT2D eigenvalue weighted by Crippen LogP contribution is -2.59. The predicted molar refractivity (Wildman–Crippen MR) is 153 cm³/mol. The summed E-state index contributed by atoms with van der Waals surface area (Å²) in [5.41, 5.74) is 9.28. The number of pyridine rings is 1. The van der Waals surface area contributed by atoms with Crippen LogP contribution >= 0.6 is 0 Å². The summed E-state index contributed by atoms with van der Waals surface area (Å²) in [5, 5.41) is 10.5. The number of carbonyl (C=O) groups excluding carboxylic acids is 1. The van der Waals surface area contributed by atoms with Crippen molar-refractivity contribution in [1.29, 1.82) is 0 Å². The zero-order valence-corrected chi connectivity index (χ0v) is 23.9. The van der Waals surface area contributed by atoms with Gasteiger partial charge >= 0.3 is 12.0 Å². The lowest BCUT2D eigenvalue weighted by molar-refractivity contribution is -0.108. The number of nitrogens with two attached hydrogens (primary N) is 1. The number of hydrogen-bond donors (Lipinski definition) is 2. The van der Waals surface area contributed by atoms with Crippen LogP contribution in [0.1, 0.15) is 49.7 Å². The number of likely N-dealkylation sites (tertiary alicyclic amines) is 1. The number of aromatic nitrogens is 4. The molecule has 1 aromatic carbocycles. The molecule has 41 heavy (non-hydrogen) atoms. The fraction of sp³-hybridized carbons (Fsp3) is 0.448. The molecule has 3 aromatic heterocycles. The summed E-state index contributed by atoms with van der Waals surface area (Å²) in [6, 6.07) is 8.71. The molecule has 3 N–H and O–H groups in total. The van der Waals surface area contributed by atoms with Gasteiger partial charge in [-0.05, 0) is 55.5 Å². The van der Waals surface area contributed by atoms with Crippen molar-refractivity contribution in [1.82, 2.24) is 24.0 Å². The largest absolute Gasteiger partial charge is 0.494 e. The van der Waals surface area contributed by atoms with Crippen molar-refractivity contribution >= 4 is 34.1 Å². The predicted octanol–water partition coefficient (Wildman–Crippen LogP) is 5.31. The lowest BCUT2D eigenvalue weighted by Gasteiger charge is -2.37. The second-order valence-corrected chi connectivity index (χ2v) is 10.0. The van der Waals surface area contributed by atoms with E-state index in [0.29, 0.717) is 17.2 Å². The van der Waals surface area contributed by atoms with Gasteiger partial charge in [-0.1, -0.05) is 20.8 Å². The third kappa shape index (κ3) is 6.10. The van der Waals surface area contributed by atoms with Crippen LogP contribution < -0.4 is 10.5 Å². The van der Waals surface area contributed by atoms with E-state index in [2.05, 4.69) is 35.4 Å². The Hall–Kier alpha value is -4.22. The molecule has 4 aromatic rings. The number of fused-ring (bicyclic) bond motifs is 2. The number of rotatable bonds is 6. The Morgan fingerprint density at radius 3 is 2.34 bits per heavy atom. The summed E-state index contributed by atoms with van der Waals surface area (Å²) >= 11 is 0. The van der Waals surface area contributed by atoms with Crippen LogP contribution in [0.2, 0.25) is 0 Å².